The molecule has 0 heterocycles. The summed E-state index contributed by atoms with van der Waals surface area (Å²) in [5, 5.41) is 2.95. The van der Waals surface area contributed by atoms with Crippen molar-refractivity contribution in [2.45, 2.75) is 6.54 Å². The average Bonchev–Trinajstić information content (AvgIpc) is 2.58. The molecule has 0 saturated heterocycles. The number of primary amides is 1. The van der Waals surface area contributed by atoms with Gasteiger partial charge in [0.15, 0.2) is 18.1 Å². The van der Waals surface area contributed by atoms with E-state index < -0.39 is 5.91 Å². The van der Waals surface area contributed by atoms with E-state index in [9.17, 15) is 9.59 Å². The van der Waals surface area contributed by atoms with Crippen LogP contribution in [0.3, 0.4) is 0 Å². The second-order valence-corrected chi connectivity index (χ2v) is 5.32. The van der Waals surface area contributed by atoms with Crippen LogP contribution in [0.1, 0.15) is 15.9 Å². The maximum absolute atomic E-state index is 12.3. The molecule has 0 fully saturated rings. The predicted octanol–water partition coefficient (Wildman–Crippen LogP) is 2.14. The average molecular weight is 349 g/mol. The number of methoxy groups -OCH3 is 1. The van der Waals surface area contributed by atoms with Gasteiger partial charge in [0, 0.05) is 12.1 Å². The fourth-order valence-electron chi connectivity index (χ4n) is 2.01. The van der Waals surface area contributed by atoms with Gasteiger partial charge >= 0.3 is 0 Å². The highest BCUT2D eigenvalue weighted by molar-refractivity contribution is 6.32. The maximum Gasteiger partial charge on any atom is 0.255 e. The molecule has 3 N–H and O–H groups in total. The molecule has 0 aliphatic carbocycles. The highest BCUT2D eigenvalue weighted by atomic mass is 35.5. The molecule has 2 aromatic carbocycles. The van der Waals surface area contributed by atoms with Gasteiger partial charge in [-0.05, 0) is 17.7 Å². The van der Waals surface area contributed by atoms with E-state index in [1.807, 2.05) is 30.3 Å². The number of ether oxygens (including phenoxy) is 2. The minimum absolute atomic E-state index is 0.153. The van der Waals surface area contributed by atoms with Crippen molar-refractivity contribution in [3.63, 3.8) is 0 Å². The van der Waals surface area contributed by atoms with Gasteiger partial charge in [0.2, 0.25) is 0 Å². The summed E-state index contributed by atoms with van der Waals surface area (Å²) in [6.07, 6.45) is 0. The number of halogens is 1. The second-order valence-electron chi connectivity index (χ2n) is 4.91. The molecule has 2 aromatic rings. The van der Waals surface area contributed by atoms with Gasteiger partial charge in [0.25, 0.3) is 11.8 Å². The first-order valence-corrected chi connectivity index (χ1v) is 7.50. The Bertz CT molecular complexity index is 735. The van der Waals surface area contributed by atoms with Gasteiger partial charge in [0.05, 0.1) is 12.1 Å². The molecule has 0 aromatic heterocycles. The standard InChI is InChI=1S/C17H17ClN2O4/c1-23-14-8-12(7-13(18)16(14)24-10-15(19)21)17(22)20-9-11-5-3-2-4-6-11/h2-8H,9-10H2,1H3,(H2,19,21)(H,20,22). The first-order chi connectivity index (χ1) is 11.5. The number of rotatable bonds is 7. The molecule has 7 heteroatoms. The normalized spacial score (nSPS) is 10.1. The SMILES string of the molecule is COc1cc(C(=O)NCc2ccccc2)cc(Cl)c1OCC(N)=O. The number of hydrogen-bond acceptors (Lipinski definition) is 4. The minimum atomic E-state index is -0.641. The van der Waals surface area contributed by atoms with Crippen LogP contribution in [0.25, 0.3) is 0 Å². The number of carbonyl (C=O) groups is 2. The van der Waals surface area contributed by atoms with Crippen molar-refractivity contribution in [1.82, 2.24) is 5.32 Å². The van der Waals surface area contributed by atoms with E-state index in [1.54, 1.807) is 0 Å². The van der Waals surface area contributed by atoms with Crippen LogP contribution in [0.5, 0.6) is 11.5 Å². The third-order valence-electron chi connectivity index (χ3n) is 3.15. The molecular formula is C17H17ClN2O4. The van der Waals surface area contributed by atoms with E-state index in [2.05, 4.69) is 5.32 Å². The Morgan fingerprint density at radius 3 is 2.54 bits per heavy atom. The van der Waals surface area contributed by atoms with Crippen molar-refractivity contribution < 1.29 is 19.1 Å². The predicted molar refractivity (Wildman–Crippen MR) is 90.3 cm³/mol. The molecule has 0 radical (unpaired) electrons. The van der Waals surface area contributed by atoms with Gasteiger partial charge in [-0.25, -0.2) is 0 Å². The number of amides is 2. The lowest BCUT2D eigenvalue weighted by molar-refractivity contribution is -0.119. The van der Waals surface area contributed by atoms with Crippen molar-refractivity contribution in [2.75, 3.05) is 13.7 Å². The maximum atomic E-state index is 12.3. The third-order valence-corrected chi connectivity index (χ3v) is 3.43. The van der Waals surface area contributed by atoms with Crippen LogP contribution in [-0.2, 0) is 11.3 Å². The van der Waals surface area contributed by atoms with Gasteiger partial charge in [-0.3, -0.25) is 9.59 Å². The monoisotopic (exact) mass is 348 g/mol. The Kier molecular flexibility index (Phi) is 6.03. The summed E-state index contributed by atoms with van der Waals surface area (Å²) in [6.45, 7) is 0.0508. The van der Waals surface area contributed by atoms with Crippen LogP contribution in [0.4, 0.5) is 0 Å². The molecule has 0 bridgehead atoms. The van der Waals surface area contributed by atoms with Crippen LogP contribution >= 0.6 is 11.6 Å². The molecule has 2 rings (SSSR count). The van der Waals surface area contributed by atoms with E-state index in [0.717, 1.165) is 5.56 Å². The molecule has 24 heavy (non-hydrogen) atoms. The van der Waals surface area contributed by atoms with E-state index in [-0.39, 0.29) is 29.0 Å². The topological polar surface area (TPSA) is 90.7 Å². The Morgan fingerprint density at radius 1 is 1.21 bits per heavy atom. The molecule has 0 aliphatic heterocycles. The van der Waals surface area contributed by atoms with E-state index in [0.29, 0.717) is 12.1 Å². The highest BCUT2D eigenvalue weighted by Gasteiger charge is 2.16. The molecule has 0 unspecified atom stereocenters. The van der Waals surface area contributed by atoms with Crippen LogP contribution in [0.2, 0.25) is 5.02 Å². The highest BCUT2D eigenvalue weighted by Crippen LogP contribution is 2.36. The summed E-state index contributed by atoms with van der Waals surface area (Å²) in [5.74, 6) is -0.538. The van der Waals surface area contributed by atoms with Crippen molar-refractivity contribution in [3.8, 4) is 11.5 Å². The fourth-order valence-corrected chi connectivity index (χ4v) is 2.28. The number of nitrogens with one attached hydrogen (secondary N) is 1. The molecule has 0 spiro atoms. The molecule has 2 amide bonds. The molecule has 0 aliphatic rings. The van der Waals surface area contributed by atoms with Gasteiger partial charge in [-0.2, -0.15) is 0 Å². The van der Waals surface area contributed by atoms with Crippen LogP contribution in [0.15, 0.2) is 42.5 Å². The summed E-state index contributed by atoms with van der Waals surface area (Å²) < 4.78 is 10.4. The number of benzene rings is 2. The Hall–Kier alpha value is -2.73. The third kappa shape index (κ3) is 4.63. The molecule has 6 nitrogen and oxygen atoms in total. The summed E-state index contributed by atoms with van der Waals surface area (Å²) in [6, 6.07) is 12.5. The molecular weight excluding hydrogens is 332 g/mol. The zero-order chi connectivity index (χ0) is 17.5. The fraction of sp³-hybridized carbons (Fsp3) is 0.176. The van der Waals surface area contributed by atoms with Crippen molar-refractivity contribution >= 4 is 23.4 Å². The minimum Gasteiger partial charge on any atom is -0.493 e. The zero-order valence-corrected chi connectivity index (χ0v) is 13.8. The summed E-state index contributed by atoms with van der Waals surface area (Å²) in [4.78, 5) is 23.1. The summed E-state index contributed by atoms with van der Waals surface area (Å²) in [5.41, 5.74) is 6.34. The lowest BCUT2D eigenvalue weighted by atomic mass is 10.1. The van der Waals surface area contributed by atoms with Crippen LogP contribution in [-0.4, -0.2) is 25.5 Å². The smallest absolute Gasteiger partial charge is 0.255 e. The van der Waals surface area contributed by atoms with Crippen molar-refractivity contribution in [3.05, 3.63) is 58.6 Å². The number of carbonyl (C=O) groups excluding carboxylic acids is 2. The molecule has 126 valence electrons. The second kappa shape index (κ2) is 8.21. The largest absolute Gasteiger partial charge is 0.493 e. The first-order valence-electron chi connectivity index (χ1n) is 7.12. The number of hydrogen-bond donors (Lipinski definition) is 2. The lowest BCUT2D eigenvalue weighted by Gasteiger charge is -2.13. The van der Waals surface area contributed by atoms with E-state index in [4.69, 9.17) is 26.8 Å². The number of nitrogens with two attached hydrogens (primary N) is 1. The molecule has 0 atom stereocenters. The summed E-state index contributed by atoms with van der Waals surface area (Å²) >= 11 is 6.12. The Morgan fingerprint density at radius 2 is 1.92 bits per heavy atom. The first kappa shape index (κ1) is 17.6. The van der Waals surface area contributed by atoms with Crippen molar-refractivity contribution in [2.24, 2.45) is 5.73 Å². The van der Waals surface area contributed by atoms with Gasteiger partial charge in [0.1, 0.15) is 0 Å². The van der Waals surface area contributed by atoms with Crippen molar-refractivity contribution in [1.29, 1.82) is 0 Å². The van der Waals surface area contributed by atoms with Crippen LogP contribution in [0, 0.1) is 0 Å². The zero-order valence-electron chi connectivity index (χ0n) is 13.0. The summed E-state index contributed by atoms with van der Waals surface area (Å²) in [7, 11) is 1.41. The quantitative estimate of drug-likeness (QED) is 0.802. The lowest BCUT2D eigenvalue weighted by Crippen LogP contribution is -2.23. The van der Waals surface area contributed by atoms with Gasteiger partial charge < -0.3 is 20.5 Å². The van der Waals surface area contributed by atoms with Gasteiger partial charge in [-0.1, -0.05) is 41.9 Å². The Balaban J connectivity index is 2.13. The molecule has 0 saturated carbocycles. The van der Waals surface area contributed by atoms with Crippen LogP contribution < -0.4 is 20.5 Å². The van der Waals surface area contributed by atoms with Gasteiger partial charge in [-0.15, -0.1) is 0 Å². The van der Waals surface area contributed by atoms with E-state index >= 15 is 0 Å². The Labute approximate surface area is 144 Å². The van der Waals surface area contributed by atoms with E-state index in [1.165, 1.54) is 19.2 Å².